The van der Waals surface area contributed by atoms with Gasteiger partial charge in [0.1, 0.15) is 11.3 Å². The highest BCUT2D eigenvalue weighted by Crippen LogP contribution is 2.29. The number of ether oxygens (including phenoxy) is 2. The van der Waals surface area contributed by atoms with Crippen molar-refractivity contribution in [3.63, 3.8) is 0 Å². The Hall–Kier alpha value is -2.83. The van der Waals surface area contributed by atoms with Crippen molar-refractivity contribution in [1.29, 1.82) is 0 Å². The van der Waals surface area contributed by atoms with Crippen molar-refractivity contribution in [3.05, 3.63) is 65.4 Å². The maximum Gasteiger partial charge on any atom is 0.287 e. The Labute approximate surface area is 170 Å². The second-order valence-corrected chi connectivity index (χ2v) is 7.27. The van der Waals surface area contributed by atoms with Crippen LogP contribution in [0.1, 0.15) is 27.7 Å². The number of nitrogens with one attached hydrogen (secondary N) is 1. The van der Waals surface area contributed by atoms with Crippen molar-refractivity contribution >= 4 is 16.9 Å². The van der Waals surface area contributed by atoms with Crippen LogP contribution < -0.4 is 10.1 Å². The van der Waals surface area contributed by atoms with Gasteiger partial charge in [0, 0.05) is 30.6 Å². The zero-order chi connectivity index (χ0) is 20.2. The number of fused-ring (bicyclic) bond motifs is 1. The molecule has 0 aliphatic carbocycles. The van der Waals surface area contributed by atoms with Gasteiger partial charge in [-0.15, -0.1) is 0 Å². The molecule has 6 nitrogen and oxygen atoms in total. The summed E-state index contributed by atoms with van der Waals surface area (Å²) in [6.45, 7) is 5.80. The molecule has 1 N–H and O–H groups in total. The second kappa shape index (κ2) is 8.68. The molecule has 2 heterocycles. The molecule has 0 saturated carbocycles. The monoisotopic (exact) mass is 394 g/mol. The minimum absolute atomic E-state index is 0.135. The maximum atomic E-state index is 13.1. The number of nitrogens with zero attached hydrogens (tertiary/aromatic N) is 1. The molecule has 1 fully saturated rings. The molecule has 1 atom stereocenters. The first-order valence-electron chi connectivity index (χ1n) is 9.89. The van der Waals surface area contributed by atoms with Gasteiger partial charge in [0.2, 0.25) is 0 Å². The Balaban J connectivity index is 1.59. The second-order valence-electron chi connectivity index (χ2n) is 7.27. The van der Waals surface area contributed by atoms with E-state index in [1.807, 2.05) is 55.5 Å². The van der Waals surface area contributed by atoms with Crippen molar-refractivity contribution < 1.29 is 18.7 Å². The van der Waals surface area contributed by atoms with Crippen LogP contribution in [0.3, 0.4) is 0 Å². The third kappa shape index (κ3) is 4.28. The largest absolute Gasteiger partial charge is 0.497 e. The first-order valence-corrected chi connectivity index (χ1v) is 9.89. The zero-order valence-corrected chi connectivity index (χ0v) is 16.8. The Morgan fingerprint density at radius 1 is 1.17 bits per heavy atom. The molecular formula is C23H26N2O4. The van der Waals surface area contributed by atoms with E-state index in [4.69, 9.17) is 13.9 Å². The van der Waals surface area contributed by atoms with Gasteiger partial charge in [-0.1, -0.05) is 30.3 Å². The molecule has 4 rings (SSSR count). The summed E-state index contributed by atoms with van der Waals surface area (Å²) in [5.74, 6) is 0.874. The molecule has 1 aliphatic rings. The van der Waals surface area contributed by atoms with Crippen molar-refractivity contribution in [2.45, 2.75) is 13.0 Å². The maximum absolute atomic E-state index is 13.1. The molecule has 0 unspecified atom stereocenters. The van der Waals surface area contributed by atoms with Gasteiger partial charge in [-0.2, -0.15) is 0 Å². The molecule has 152 valence electrons. The lowest BCUT2D eigenvalue weighted by atomic mass is 10.1. The fourth-order valence-electron chi connectivity index (χ4n) is 3.73. The predicted molar refractivity (Wildman–Crippen MR) is 111 cm³/mol. The highest BCUT2D eigenvalue weighted by molar-refractivity contribution is 5.99. The normalized spacial score (nSPS) is 15.9. The Morgan fingerprint density at radius 2 is 1.93 bits per heavy atom. The number of hydrogen-bond donors (Lipinski definition) is 1. The molecule has 3 aromatic rings. The van der Waals surface area contributed by atoms with Gasteiger partial charge in [0.15, 0.2) is 5.76 Å². The lowest BCUT2D eigenvalue weighted by Crippen LogP contribution is -2.43. The number of carbonyl (C=O) groups excluding carboxylic acids is 1. The summed E-state index contributed by atoms with van der Waals surface area (Å²) in [7, 11) is 1.63. The summed E-state index contributed by atoms with van der Waals surface area (Å²) < 4.78 is 16.6. The first-order chi connectivity index (χ1) is 14.2. The van der Waals surface area contributed by atoms with Gasteiger partial charge in [-0.3, -0.25) is 9.69 Å². The van der Waals surface area contributed by atoms with E-state index < -0.39 is 0 Å². The molecule has 1 amide bonds. The summed E-state index contributed by atoms with van der Waals surface area (Å²) in [6.07, 6.45) is 0. The quantitative estimate of drug-likeness (QED) is 0.693. The predicted octanol–water partition coefficient (Wildman–Crippen LogP) is 3.55. The molecule has 0 bridgehead atoms. The van der Waals surface area contributed by atoms with Crippen molar-refractivity contribution in [2.24, 2.45) is 0 Å². The minimum atomic E-state index is -0.209. The molecular weight excluding hydrogens is 368 g/mol. The van der Waals surface area contributed by atoms with Crippen LogP contribution in [0, 0.1) is 6.92 Å². The number of aryl methyl sites for hydroxylation is 1. The summed E-state index contributed by atoms with van der Waals surface area (Å²) in [6, 6.07) is 15.5. The van der Waals surface area contributed by atoms with Gasteiger partial charge < -0.3 is 19.2 Å². The molecule has 1 saturated heterocycles. The van der Waals surface area contributed by atoms with Crippen LogP contribution in [0.15, 0.2) is 52.9 Å². The van der Waals surface area contributed by atoms with E-state index in [0.29, 0.717) is 11.3 Å². The smallest absolute Gasteiger partial charge is 0.287 e. The van der Waals surface area contributed by atoms with Gasteiger partial charge in [-0.05, 0) is 30.7 Å². The Bertz CT molecular complexity index is 977. The van der Waals surface area contributed by atoms with Gasteiger partial charge in [0.25, 0.3) is 5.91 Å². The van der Waals surface area contributed by atoms with Crippen molar-refractivity contribution in [2.75, 3.05) is 40.0 Å². The number of methoxy groups -OCH3 is 1. The van der Waals surface area contributed by atoms with E-state index in [2.05, 4.69) is 10.2 Å². The van der Waals surface area contributed by atoms with Crippen LogP contribution >= 0.6 is 0 Å². The van der Waals surface area contributed by atoms with E-state index in [1.54, 1.807) is 7.11 Å². The number of amides is 1. The fourth-order valence-corrected chi connectivity index (χ4v) is 3.73. The molecule has 2 aromatic carbocycles. The minimum Gasteiger partial charge on any atom is -0.497 e. The highest BCUT2D eigenvalue weighted by Gasteiger charge is 2.24. The number of carbonyl (C=O) groups is 1. The van der Waals surface area contributed by atoms with E-state index in [-0.39, 0.29) is 11.9 Å². The van der Waals surface area contributed by atoms with Crippen molar-refractivity contribution in [1.82, 2.24) is 10.2 Å². The third-order valence-electron chi connectivity index (χ3n) is 5.40. The van der Waals surface area contributed by atoms with Gasteiger partial charge in [-0.25, -0.2) is 0 Å². The SMILES string of the molecule is COc1ccc2oc(C(=O)N[C@H](CN3CCOCC3)c3ccccc3)c(C)c2c1. The van der Waals surface area contributed by atoms with Crippen LogP contribution in [-0.4, -0.2) is 50.8 Å². The molecule has 0 radical (unpaired) electrons. The molecule has 1 aromatic heterocycles. The summed E-state index contributed by atoms with van der Waals surface area (Å²) in [5.41, 5.74) is 2.57. The first kappa shape index (κ1) is 19.5. The highest BCUT2D eigenvalue weighted by atomic mass is 16.5. The van der Waals surface area contributed by atoms with Crippen LogP contribution in [0.5, 0.6) is 5.75 Å². The summed E-state index contributed by atoms with van der Waals surface area (Å²) in [4.78, 5) is 15.5. The number of furan rings is 1. The Kier molecular flexibility index (Phi) is 5.83. The fraction of sp³-hybridized carbons (Fsp3) is 0.348. The van der Waals surface area contributed by atoms with Crippen molar-refractivity contribution in [3.8, 4) is 5.75 Å². The topological polar surface area (TPSA) is 63.9 Å². The van der Waals surface area contributed by atoms with E-state index in [1.165, 1.54) is 0 Å². The van der Waals surface area contributed by atoms with Crippen LogP contribution in [0.2, 0.25) is 0 Å². The molecule has 6 heteroatoms. The van der Waals surface area contributed by atoms with E-state index in [0.717, 1.165) is 55.1 Å². The number of morpholine rings is 1. The number of rotatable bonds is 6. The molecule has 29 heavy (non-hydrogen) atoms. The Morgan fingerprint density at radius 3 is 2.66 bits per heavy atom. The average Bonchev–Trinajstić information content (AvgIpc) is 3.10. The van der Waals surface area contributed by atoms with Crippen LogP contribution in [0.4, 0.5) is 0 Å². The molecule has 1 aliphatic heterocycles. The standard InChI is InChI=1S/C23H26N2O4/c1-16-19-14-18(27-2)8-9-21(19)29-22(16)23(26)24-20(17-6-4-3-5-7-17)15-25-10-12-28-13-11-25/h3-9,14,20H,10-13,15H2,1-2H3,(H,24,26)/t20-/m1/s1. The van der Waals surface area contributed by atoms with E-state index in [9.17, 15) is 4.79 Å². The van der Waals surface area contributed by atoms with Crippen LogP contribution in [0.25, 0.3) is 11.0 Å². The third-order valence-corrected chi connectivity index (χ3v) is 5.40. The van der Waals surface area contributed by atoms with E-state index >= 15 is 0 Å². The number of benzene rings is 2. The van der Waals surface area contributed by atoms with Gasteiger partial charge >= 0.3 is 0 Å². The summed E-state index contributed by atoms with van der Waals surface area (Å²) in [5, 5.41) is 4.07. The van der Waals surface area contributed by atoms with Gasteiger partial charge in [0.05, 0.1) is 26.4 Å². The number of hydrogen-bond acceptors (Lipinski definition) is 5. The van der Waals surface area contributed by atoms with Crippen LogP contribution in [-0.2, 0) is 4.74 Å². The zero-order valence-electron chi connectivity index (χ0n) is 16.8. The molecule has 0 spiro atoms. The summed E-state index contributed by atoms with van der Waals surface area (Å²) >= 11 is 0. The lowest BCUT2D eigenvalue weighted by molar-refractivity contribution is 0.0331. The average molecular weight is 394 g/mol. The lowest BCUT2D eigenvalue weighted by Gasteiger charge is -2.31.